The Kier molecular flexibility index (Phi) is 4.71. The predicted octanol–water partition coefficient (Wildman–Crippen LogP) is 3.37. The largest absolute Gasteiger partial charge is 0.494 e. The summed E-state index contributed by atoms with van der Waals surface area (Å²) in [6.45, 7) is 5.72. The lowest BCUT2D eigenvalue weighted by molar-refractivity contribution is 0.101. The minimum absolute atomic E-state index is 0.0221. The maximum Gasteiger partial charge on any atom is 0.198 e. The van der Waals surface area contributed by atoms with Gasteiger partial charge in [0.15, 0.2) is 11.7 Å². The van der Waals surface area contributed by atoms with E-state index in [1.54, 1.807) is 13.0 Å². The summed E-state index contributed by atoms with van der Waals surface area (Å²) < 4.78 is 0. The van der Waals surface area contributed by atoms with Crippen molar-refractivity contribution in [2.75, 3.05) is 20.1 Å². The number of aromatic hydroxyl groups is 1. The molecule has 3 rings (SSSR count). The number of carbonyl (C=O) groups excluding carboxylic acids is 1. The monoisotopic (exact) mass is 327 g/mol. The summed E-state index contributed by atoms with van der Waals surface area (Å²) in [5, 5.41) is 11.3. The fraction of sp³-hybridized carbons (Fsp3) is 0.474. The molecule has 0 radical (unpaired) electrons. The van der Waals surface area contributed by atoms with Gasteiger partial charge >= 0.3 is 0 Å². The van der Waals surface area contributed by atoms with Crippen LogP contribution >= 0.6 is 0 Å². The lowest BCUT2D eigenvalue weighted by Gasteiger charge is -2.27. The first-order valence-corrected chi connectivity index (χ1v) is 8.60. The van der Waals surface area contributed by atoms with Crippen molar-refractivity contribution in [1.82, 2.24) is 9.88 Å². The van der Waals surface area contributed by atoms with Crippen LogP contribution in [0.5, 0.6) is 5.88 Å². The van der Waals surface area contributed by atoms with Crippen LogP contribution in [-0.2, 0) is 0 Å². The highest BCUT2D eigenvalue weighted by Gasteiger charge is 2.20. The van der Waals surface area contributed by atoms with Crippen molar-refractivity contribution in [2.45, 2.75) is 39.2 Å². The number of nitrogens with one attached hydrogen (secondary N) is 1. The first-order chi connectivity index (χ1) is 11.5. The molecular formula is C19H25N3O2. The average Bonchev–Trinajstić information content (AvgIpc) is 2.89. The van der Waals surface area contributed by atoms with Crippen LogP contribution < -0.4 is 0 Å². The van der Waals surface area contributed by atoms with E-state index in [-0.39, 0.29) is 11.7 Å². The van der Waals surface area contributed by atoms with Gasteiger partial charge in [-0.15, -0.1) is 0 Å². The number of fused-ring (bicyclic) bond motifs is 1. The van der Waals surface area contributed by atoms with E-state index in [1.165, 1.54) is 0 Å². The molecule has 0 saturated carbocycles. The molecule has 2 heterocycles. The van der Waals surface area contributed by atoms with Crippen molar-refractivity contribution in [1.29, 1.82) is 0 Å². The quantitative estimate of drug-likeness (QED) is 0.668. The van der Waals surface area contributed by atoms with Crippen molar-refractivity contribution < 1.29 is 9.90 Å². The number of piperidine rings is 1. The van der Waals surface area contributed by atoms with Gasteiger partial charge in [0.2, 0.25) is 0 Å². The van der Waals surface area contributed by atoms with E-state index >= 15 is 0 Å². The molecule has 0 aliphatic carbocycles. The number of benzene rings is 1. The van der Waals surface area contributed by atoms with Crippen molar-refractivity contribution in [3.63, 3.8) is 0 Å². The van der Waals surface area contributed by atoms with Crippen LogP contribution in [0.1, 0.15) is 49.0 Å². The second-order valence-electron chi connectivity index (χ2n) is 6.63. The molecule has 1 aliphatic heterocycles. The van der Waals surface area contributed by atoms with E-state index in [1.807, 2.05) is 12.1 Å². The van der Waals surface area contributed by atoms with E-state index in [9.17, 15) is 9.90 Å². The second-order valence-corrected chi connectivity index (χ2v) is 6.63. The molecular weight excluding hydrogens is 302 g/mol. The lowest BCUT2D eigenvalue weighted by atomic mass is 10.0. The third-order valence-electron chi connectivity index (χ3n) is 4.84. The van der Waals surface area contributed by atoms with Gasteiger partial charge in [0.05, 0.1) is 11.6 Å². The van der Waals surface area contributed by atoms with Gasteiger partial charge < -0.3 is 15.0 Å². The summed E-state index contributed by atoms with van der Waals surface area (Å²) in [6, 6.07) is 5.78. The number of rotatable bonds is 4. The Morgan fingerprint density at radius 3 is 2.71 bits per heavy atom. The second kappa shape index (κ2) is 6.77. The number of nitrogens with zero attached hydrogens (tertiary/aromatic N) is 2. The third kappa shape index (κ3) is 3.22. The Morgan fingerprint density at radius 1 is 1.38 bits per heavy atom. The maximum atomic E-state index is 11.7. The first-order valence-electron chi connectivity index (χ1n) is 8.60. The van der Waals surface area contributed by atoms with Crippen LogP contribution in [-0.4, -0.2) is 52.7 Å². The van der Waals surface area contributed by atoms with Crippen LogP contribution in [0.15, 0.2) is 23.2 Å². The summed E-state index contributed by atoms with van der Waals surface area (Å²) in [5.74, 6) is 0.160. The molecule has 0 bridgehead atoms. The zero-order valence-corrected chi connectivity index (χ0v) is 14.6. The SMILES string of the molecule is CCC(=NC1CCN(C)CC1)c1c(O)[nH]c2ccc(C(C)=O)cc12. The minimum atomic E-state index is 0.0221. The molecule has 1 aromatic heterocycles. The fourth-order valence-corrected chi connectivity index (χ4v) is 3.37. The van der Waals surface area contributed by atoms with Crippen LogP contribution in [0.2, 0.25) is 0 Å². The third-order valence-corrected chi connectivity index (χ3v) is 4.84. The highest BCUT2D eigenvalue weighted by Crippen LogP contribution is 2.30. The maximum absolute atomic E-state index is 11.7. The smallest absolute Gasteiger partial charge is 0.198 e. The summed E-state index contributed by atoms with van der Waals surface area (Å²) in [5.41, 5.74) is 3.14. The molecule has 1 aliphatic rings. The van der Waals surface area contributed by atoms with Crippen molar-refractivity contribution in [2.24, 2.45) is 4.99 Å². The zero-order valence-electron chi connectivity index (χ0n) is 14.6. The van der Waals surface area contributed by atoms with Gasteiger partial charge in [-0.25, -0.2) is 0 Å². The highest BCUT2D eigenvalue weighted by molar-refractivity contribution is 6.14. The fourth-order valence-electron chi connectivity index (χ4n) is 3.37. The standard InChI is InChI=1S/C19H25N3O2/c1-4-16(20-14-7-9-22(3)10-8-14)18-15-11-13(12(2)23)5-6-17(15)21-19(18)24/h5-6,11,14,21,24H,4,7-10H2,1-3H3. The summed E-state index contributed by atoms with van der Waals surface area (Å²) in [7, 11) is 2.13. The molecule has 5 nitrogen and oxygen atoms in total. The Morgan fingerprint density at radius 2 is 2.08 bits per heavy atom. The number of likely N-dealkylation sites (tertiary alicyclic amines) is 1. The molecule has 2 N–H and O–H groups in total. The molecule has 0 atom stereocenters. The first kappa shape index (κ1) is 16.7. The van der Waals surface area contributed by atoms with Crippen LogP contribution in [0.4, 0.5) is 0 Å². The molecule has 1 aromatic carbocycles. The predicted molar refractivity (Wildman–Crippen MR) is 97.3 cm³/mol. The van der Waals surface area contributed by atoms with Gasteiger partial charge in [-0.05, 0) is 64.5 Å². The van der Waals surface area contributed by atoms with Gasteiger partial charge in [0.1, 0.15) is 0 Å². The number of aromatic amines is 1. The number of aromatic nitrogens is 1. The lowest BCUT2D eigenvalue weighted by Crippen LogP contribution is -2.32. The van der Waals surface area contributed by atoms with Crippen LogP contribution in [0.3, 0.4) is 0 Å². The summed E-state index contributed by atoms with van der Waals surface area (Å²) in [4.78, 5) is 22.0. The number of H-pyrrole nitrogens is 1. The molecule has 128 valence electrons. The number of aliphatic imine (C=N–C) groups is 1. The summed E-state index contributed by atoms with van der Waals surface area (Å²) >= 11 is 0. The topological polar surface area (TPSA) is 68.7 Å². The van der Waals surface area contributed by atoms with Gasteiger partial charge in [-0.3, -0.25) is 9.79 Å². The minimum Gasteiger partial charge on any atom is -0.494 e. The number of ketones is 1. The van der Waals surface area contributed by atoms with Crippen molar-refractivity contribution >= 4 is 22.4 Å². The highest BCUT2D eigenvalue weighted by atomic mass is 16.3. The molecule has 0 spiro atoms. The van der Waals surface area contributed by atoms with E-state index in [0.717, 1.165) is 54.5 Å². The molecule has 0 amide bonds. The Hall–Kier alpha value is -2.14. The van der Waals surface area contributed by atoms with E-state index < -0.39 is 0 Å². The molecule has 5 heteroatoms. The van der Waals surface area contributed by atoms with Gasteiger partial charge in [-0.1, -0.05) is 6.92 Å². The normalized spacial score (nSPS) is 17.5. The summed E-state index contributed by atoms with van der Waals surface area (Å²) in [6.07, 6.45) is 2.83. The van der Waals surface area contributed by atoms with Crippen LogP contribution in [0.25, 0.3) is 10.9 Å². The average molecular weight is 327 g/mol. The molecule has 0 unspecified atom stereocenters. The molecule has 24 heavy (non-hydrogen) atoms. The van der Waals surface area contributed by atoms with Gasteiger partial charge in [0.25, 0.3) is 0 Å². The van der Waals surface area contributed by atoms with Crippen molar-refractivity contribution in [3.8, 4) is 5.88 Å². The number of Topliss-reactive ketones (excluding diaryl/α,β-unsaturated/α-hetero) is 1. The van der Waals surface area contributed by atoms with Gasteiger partial charge in [0, 0.05) is 22.2 Å². The Bertz CT molecular complexity index is 783. The van der Waals surface area contributed by atoms with E-state index in [2.05, 4.69) is 23.9 Å². The van der Waals surface area contributed by atoms with Crippen LogP contribution in [0, 0.1) is 0 Å². The molecule has 1 saturated heterocycles. The number of hydrogen-bond donors (Lipinski definition) is 2. The molecule has 1 fully saturated rings. The van der Waals surface area contributed by atoms with E-state index in [4.69, 9.17) is 4.99 Å². The molecule has 2 aromatic rings. The number of carbonyl (C=O) groups is 1. The Labute approximate surface area is 142 Å². The number of hydrogen-bond acceptors (Lipinski definition) is 4. The van der Waals surface area contributed by atoms with E-state index in [0.29, 0.717) is 11.6 Å². The van der Waals surface area contributed by atoms with Crippen molar-refractivity contribution in [3.05, 3.63) is 29.3 Å². The van der Waals surface area contributed by atoms with Gasteiger partial charge in [-0.2, -0.15) is 0 Å². The Balaban J connectivity index is 2.03. The zero-order chi connectivity index (χ0) is 17.3.